The number of hydrogen-bond acceptors (Lipinski definition) is 2. The van der Waals surface area contributed by atoms with Gasteiger partial charge in [0.15, 0.2) is 0 Å². The summed E-state index contributed by atoms with van der Waals surface area (Å²) in [5, 5.41) is 3.09. The molecule has 3 heteroatoms. The largest absolute Gasteiger partial charge is 0.497 e. The van der Waals surface area contributed by atoms with Crippen molar-refractivity contribution in [3.8, 4) is 5.75 Å². The lowest BCUT2D eigenvalue weighted by molar-refractivity contribution is -0.125. The highest BCUT2D eigenvalue weighted by molar-refractivity contribution is 5.79. The zero-order valence-corrected chi connectivity index (χ0v) is 13.5. The Kier molecular flexibility index (Phi) is 4.96. The molecule has 1 aliphatic rings. The molecule has 1 amide bonds. The average Bonchev–Trinajstić information content (AvgIpc) is 2.61. The molecule has 3 rings (SSSR count). The second kappa shape index (κ2) is 7.32. The van der Waals surface area contributed by atoms with Gasteiger partial charge in [-0.2, -0.15) is 0 Å². The monoisotopic (exact) mass is 309 g/mol. The van der Waals surface area contributed by atoms with Crippen molar-refractivity contribution < 1.29 is 9.53 Å². The molecule has 0 heterocycles. The van der Waals surface area contributed by atoms with Crippen LogP contribution in [-0.2, 0) is 24.1 Å². The molecule has 1 atom stereocenters. The highest BCUT2D eigenvalue weighted by atomic mass is 16.5. The number of ether oxygens (including phenoxy) is 1. The van der Waals surface area contributed by atoms with Crippen LogP contribution in [0.1, 0.15) is 23.1 Å². The normalized spacial score (nSPS) is 16.5. The second-order valence-corrected chi connectivity index (χ2v) is 6.10. The maximum absolute atomic E-state index is 12.4. The highest BCUT2D eigenvalue weighted by Crippen LogP contribution is 2.25. The minimum absolute atomic E-state index is 0.112. The van der Waals surface area contributed by atoms with Crippen LogP contribution in [0.2, 0.25) is 0 Å². The Morgan fingerprint density at radius 1 is 1.13 bits per heavy atom. The van der Waals surface area contributed by atoms with Crippen molar-refractivity contribution in [2.24, 2.45) is 5.92 Å². The number of methoxy groups -OCH3 is 1. The average molecular weight is 309 g/mol. The van der Waals surface area contributed by atoms with Crippen LogP contribution >= 0.6 is 0 Å². The van der Waals surface area contributed by atoms with E-state index in [-0.39, 0.29) is 11.8 Å². The number of nitrogens with one attached hydrogen (secondary N) is 1. The van der Waals surface area contributed by atoms with Crippen LogP contribution < -0.4 is 10.1 Å². The number of hydrogen-bond donors (Lipinski definition) is 1. The standard InChI is InChI=1S/C20H23NO2/c1-23-19-10-6-15(7-11-19)12-13-21-20(22)18-9-8-16-4-2-3-5-17(16)14-18/h2-7,10-11,18H,8-9,12-14H2,1H3,(H,21,22). The van der Waals surface area contributed by atoms with Gasteiger partial charge in [0.05, 0.1) is 7.11 Å². The smallest absolute Gasteiger partial charge is 0.223 e. The first-order valence-electron chi connectivity index (χ1n) is 8.23. The number of carbonyl (C=O) groups excluding carboxylic acids is 1. The summed E-state index contributed by atoms with van der Waals surface area (Å²) in [7, 11) is 1.66. The number of rotatable bonds is 5. The molecule has 1 unspecified atom stereocenters. The summed E-state index contributed by atoms with van der Waals surface area (Å²) in [6, 6.07) is 16.4. The van der Waals surface area contributed by atoms with Gasteiger partial charge in [0.1, 0.15) is 5.75 Å². The van der Waals surface area contributed by atoms with E-state index in [0.717, 1.165) is 31.4 Å². The van der Waals surface area contributed by atoms with Crippen LogP contribution in [0.15, 0.2) is 48.5 Å². The van der Waals surface area contributed by atoms with Crippen LogP contribution in [0.4, 0.5) is 0 Å². The first-order valence-corrected chi connectivity index (χ1v) is 8.23. The van der Waals surface area contributed by atoms with Gasteiger partial charge in [-0.1, -0.05) is 36.4 Å². The van der Waals surface area contributed by atoms with Crippen molar-refractivity contribution in [2.45, 2.75) is 25.7 Å². The van der Waals surface area contributed by atoms with Gasteiger partial charge in [-0.15, -0.1) is 0 Å². The molecule has 1 N–H and O–H groups in total. The molecule has 0 radical (unpaired) electrons. The Morgan fingerprint density at radius 2 is 1.87 bits per heavy atom. The molecule has 0 aromatic heterocycles. The molecular weight excluding hydrogens is 286 g/mol. The zero-order valence-electron chi connectivity index (χ0n) is 13.5. The van der Waals surface area contributed by atoms with Crippen molar-refractivity contribution in [2.75, 3.05) is 13.7 Å². The number of carbonyl (C=O) groups is 1. The molecule has 0 spiro atoms. The number of fused-ring (bicyclic) bond motifs is 1. The summed E-state index contributed by atoms with van der Waals surface area (Å²) in [5.74, 6) is 1.16. The number of benzene rings is 2. The molecule has 2 aromatic carbocycles. The molecule has 0 aliphatic heterocycles. The minimum Gasteiger partial charge on any atom is -0.497 e. The third-order valence-corrected chi connectivity index (χ3v) is 4.59. The van der Waals surface area contributed by atoms with E-state index in [1.54, 1.807) is 7.11 Å². The minimum atomic E-state index is 0.112. The topological polar surface area (TPSA) is 38.3 Å². The molecular formula is C20H23NO2. The van der Waals surface area contributed by atoms with Gasteiger partial charge in [-0.3, -0.25) is 4.79 Å². The maximum Gasteiger partial charge on any atom is 0.223 e. The summed E-state index contributed by atoms with van der Waals surface area (Å²) < 4.78 is 5.15. The predicted molar refractivity (Wildman–Crippen MR) is 91.7 cm³/mol. The molecule has 0 saturated carbocycles. The Balaban J connectivity index is 1.48. The van der Waals surface area contributed by atoms with Crippen LogP contribution in [0, 0.1) is 5.92 Å². The van der Waals surface area contributed by atoms with E-state index >= 15 is 0 Å². The van der Waals surface area contributed by atoms with Gasteiger partial charge in [-0.25, -0.2) is 0 Å². The first kappa shape index (κ1) is 15.6. The van der Waals surface area contributed by atoms with E-state index in [1.807, 2.05) is 24.3 Å². The molecule has 120 valence electrons. The van der Waals surface area contributed by atoms with Crippen LogP contribution in [-0.4, -0.2) is 19.6 Å². The van der Waals surface area contributed by atoms with Gasteiger partial charge >= 0.3 is 0 Å². The summed E-state index contributed by atoms with van der Waals surface area (Å²) in [6.07, 6.45) is 3.67. The fourth-order valence-electron chi connectivity index (χ4n) is 3.19. The molecule has 0 bridgehead atoms. The SMILES string of the molecule is COc1ccc(CCNC(=O)C2CCc3ccccc3C2)cc1. The summed E-state index contributed by atoms with van der Waals surface area (Å²) in [4.78, 5) is 12.4. The highest BCUT2D eigenvalue weighted by Gasteiger charge is 2.23. The third kappa shape index (κ3) is 3.92. The molecule has 0 saturated heterocycles. The molecule has 2 aromatic rings. The zero-order chi connectivity index (χ0) is 16.1. The van der Waals surface area contributed by atoms with Crippen molar-refractivity contribution >= 4 is 5.91 Å². The van der Waals surface area contributed by atoms with Crippen molar-refractivity contribution in [1.82, 2.24) is 5.32 Å². The van der Waals surface area contributed by atoms with Gasteiger partial charge in [0, 0.05) is 12.5 Å². The third-order valence-electron chi connectivity index (χ3n) is 4.59. The first-order chi connectivity index (χ1) is 11.3. The summed E-state index contributed by atoms with van der Waals surface area (Å²) >= 11 is 0. The van der Waals surface area contributed by atoms with Crippen LogP contribution in [0.3, 0.4) is 0 Å². The van der Waals surface area contributed by atoms with E-state index < -0.39 is 0 Å². The second-order valence-electron chi connectivity index (χ2n) is 6.10. The predicted octanol–water partition coefficient (Wildman–Crippen LogP) is 3.16. The molecule has 3 nitrogen and oxygen atoms in total. The molecule has 23 heavy (non-hydrogen) atoms. The Morgan fingerprint density at radius 3 is 2.61 bits per heavy atom. The summed E-state index contributed by atoms with van der Waals surface area (Å²) in [5.41, 5.74) is 3.93. The van der Waals surface area contributed by atoms with Crippen LogP contribution in [0.5, 0.6) is 5.75 Å². The number of aryl methyl sites for hydroxylation is 1. The molecule has 0 fully saturated rings. The van der Waals surface area contributed by atoms with Crippen LogP contribution in [0.25, 0.3) is 0 Å². The fraction of sp³-hybridized carbons (Fsp3) is 0.350. The lowest BCUT2D eigenvalue weighted by atomic mass is 9.83. The number of amides is 1. The Bertz CT molecular complexity index is 664. The quantitative estimate of drug-likeness (QED) is 0.921. The Labute approximate surface area is 137 Å². The summed E-state index contributed by atoms with van der Waals surface area (Å²) in [6.45, 7) is 0.684. The molecule has 1 aliphatic carbocycles. The Hall–Kier alpha value is -2.29. The maximum atomic E-state index is 12.4. The van der Waals surface area contributed by atoms with E-state index in [1.165, 1.54) is 16.7 Å². The van der Waals surface area contributed by atoms with E-state index in [9.17, 15) is 4.79 Å². The van der Waals surface area contributed by atoms with E-state index in [2.05, 4.69) is 29.6 Å². The lowest BCUT2D eigenvalue weighted by Crippen LogP contribution is -2.35. The van der Waals surface area contributed by atoms with Crippen molar-refractivity contribution in [3.05, 3.63) is 65.2 Å². The van der Waals surface area contributed by atoms with Gasteiger partial charge in [-0.05, 0) is 54.5 Å². The van der Waals surface area contributed by atoms with E-state index in [0.29, 0.717) is 6.54 Å². The van der Waals surface area contributed by atoms with Crippen molar-refractivity contribution in [3.63, 3.8) is 0 Å². The van der Waals surface area contributed by atoms with Crippen molar-refractivity contribution in [1.29, 1.82) is 0 Å². The van der Waals surface area contributed by atoms with E-state index in [4.69, 9.17) is 4.74 Å². The van der Waals surface area contributed by atoms with Gasteiger partial charge in [0.2, 0.25) is 5.91 Å². The van der Waals surface area contributed by atoms with Gasteiger partial charge < -0.3 is 10.1 Å². The van der Waals surface area contributed by atoms with Gasteiger partial charge in [0.25, 0.3) is 0 Å². The lowest BCUT2D eigenvalue weighted by Gasteiger charge is -2.23. The fourth-order valence-corrected chi connectivity index (χ4v) is 3.19.